The fraction of sp³-hybridized carbons (Fsp3) is 0.143. The SMILES string of the molecule is CC(Oc1ccccc1Cl)c1nnc(SCC(=O)Nc2nccs2)n1-c1ccccc1. The van der Waals surface area contributed by atoms with E-state index in [4.69, 9.17) is 16.3 Å². The Bertz CT molecular complexity index is 1150. The zero-order valence-electron chi connectivity index (χ0n) is 16.4. The van der Waals surface area contributed by atoms with Gasteiger partial charge in [-0.1, -0.05) is 53.7 Å². The van der Waals surface area contributed by atoms with Gasteiger partial charge in [0.25, 0.3) is 0 Å². The molecule has 158 valence electrons. The molecule has 0 aliphatic heterocycles. The fourth-order valence-corrected chi connectivity index (χ4v) is 4.30. The molecule has 0 saturated heterocycles. The van der Waals surface area contributed by atoms with Crippen LogP contribution in [0.5, 0.6) is 5.75 Å². The van der Waals surface area contributed by atoms with Crippen LogP contribution >= 0.6 is 34.7 Å². The Balaban J connectivity index is 1.57. The van der Waals surface area contributed by atoms with E-state index in [0.29, 0.717) is 26.9 Å². The number of benzene rings is 2. The summed E-state index contributed by atoms with van der Waals surface area (Å²) >= 11 is 8.90. The lowest BCUT2D eigenvalue weighted by Crippen LogP contribution is -2.15. The first kappa shape index (κ1) is 21.4. The Morgan fingerprint density at radius 3 is 2.71 bits per heavy atom. The maximum Gasteiger partial charge on any atom is 0.236 e. The number of thiazole rings is 1. The van der Waals surface area contributed by atoms with Crippen molar-refractivity contribution in [3.63, 3.8) is 0 Å². The van der Waals surface area contributed by atoms with Gasteiger partial charge in [-0.15, -0.1) is 21.5 Å². The largest absolute Gasteiger partial charge is 0.481 e. The van der Waals surface area contributed by atoms with Crippen molar-refractivity contribution in [2.45, 2.75) is 18.2 Å². The minimum absolute atomic E-state index is 0.163. The molecule has 0 aliphatic rings. The molecule has 1 amide bonds. The van der Waals surface area contributed by atoms with E-state index >= 15 is 0 Å². The topological polar surface area (TPSA) is 81.9 Å². The van der Waals surface area contributed by atoms with Crippen molar-refractivity contribution in [3.8, 4) is 11.4 Å². The van der Waals surface area contributed by atoms with Gasteiger partial charge in [0.1, 0.15) is 5.75 Å². The number of hydrogen-bond acceptors (Lipinski definition) is 7. The highest BCUT2D eigenvalue weighted by Gasteiger charge is 2.22. The maximum absolute atomic E-state index is 12.3. The average Bonchev–Trinajstić information content (AvgIpc) is 3.44. The molecule has 4 rings (SSSR count). The van der Waals surface area contributed by atoms with Gasteiger partial charge in [0.05, 0.1) is 10.8 Å². The van der Waals surface area contributed by atoms with E-state index in [9.17, 15) is 4.79 Å². The Labute approximate surface area is 192 Å². The van der Waals surface area contributed by atoms with Crippen molar-refractivity contribution in [3.05, 3.63) is 77.0 Å². The summed E-state index contributed by atoms with van der Waals surface area (Å²) in [7, 11) is 0. The summed E-state index contributed by atoms with van der Waals surface area (Å²) in [6.45, 7) is 1.89. The molecule has 1 N–H and O–H groups in total. The first-order chi connectivity index (χ1) is 15.1. The highest BCUT2D eigenvalue weighted by molar-refractivity contribution is 7.99. The Morgan fingerprint density at radius 1 is 1.19 bits per heavy atom. The Morgan fingerprint density at radius 2 is 1.97 bits per heavy atom. The van der Waals surface area contributed by atoms with Gasteiger partial charge in [0.15, 0.2) is 22.2 Å². The van der Waals surface area contributed by atoms with E-state index in [1.54, 1.807) is 23.7 Å². The zero-order valence-corrected chi connectivity index (χ0v) is 18.8. The van der Waals surface area contributed by atoms with E-state index in [0.717, 1.165) is 5.69 Å². The third-order valence-electron chi connectivity index (χ3n) is 4.19. The molecule has 0 bridgehead atoms. The van der Waals surface area contributed by atoms with Crippen LogP contribution in [0.1, 0.15) is 18.9 Å². The van der Waals surface area contributed by atoms with E-state index in [-0.39, 0.29) is 11.7 Å². The van der Waals surface area contributed by atoms with E-state index in [1.165, 1.54) is 23.1 Å². The summed E-state index contributed by atoms with van der Waals surface area (Å²) in [5.41, 5.74) is 0.875. The number of carbonyl (C=O) groups is 1. The van der Waals surface area contributed by atoms with Gasteiger partial charge < -0.3 is 10.1 Å². The first-order valence-electron chi connectivity index (χ1n) is 9.36. The second-order valence-electron chi connectivity index (χ2n) is 6.38. The monoisotopic (exact) mass is 471 g/mol. The summed E-state index contributed by atoms with van der Waals surface area (Å²) in [5, 5.41) is 14.9. The fourth-order valence-electron chi connectivity index (χ4n) is 2.81. The molecule has 10 heteroatoms. The van der Waals surface area contributed by atoms with E-state index in [1.807, 2.05) is 54.0 Å². The van der Waals surface area contributed by atoms with Crippen molar-refractivity contribution < 1.29 is 9.53 Å². The normalized spacial score (nSPS) is 11.8. The van der Waals surface area contributed by atoms with Crippen LogP contribution in [0.25, 0.3) is 5.69 Å². The van der Waals surface area contributed by atoms with E-state index < -0.39 is 6.10 Å². The molecular weight excluding hydrogens is 454 g/mol. The van der Waals surface area contributed by atoms with Crippen molar-refractivity contribution in [2.75, 3.05) is 11.1 Å². The van der Waals surface area contributed by atoms with Crippen LogP contribution in [-0.4, -0.2) is 31.4 Å². The summed E-state index contributed by atoms with van der Waals surface area (Å²) < 4.78 is 7.94. The molecule has 0 fully saturated rings. The highest BCUT2D eigenvalue weighted by atomic mass is 35.5. The quantitative estimate of drug-likeness (QED) is 0.353. The predicted molar refractivity (Wildman–Crippen MR) is 123 cm³/mol. The zero-order chi connectivity index (χ0) is 21.6. The van der Waals surface area contributed by atoms with Gasteiger partial charge >= 0.3 is 0 Å². The molecule has 0 saturated carbocycles. The number of nitrogens with one attached hydrogen (secondary N) is 1. The van der Waals surface area contributed by atoms with Gasteiger partial charge in [-0.3, -0.25) is 9.36 Å². The van der Waals surface area contributed by atoms with Crippen molar-refractivity contribution in [2.24, 2.45) is 0 Å². The molecular formula is C21H18ClN5O2S2. The van der Waals surface area contributed by atoms with Crippen molar-refractivity contribution >= 4 is 45.7 Å². The number of anilines is 1. The summed E-state index contributed by atoms with van der Waals surface area (Å²) in [5.74, 6) is 1.18. The minimum atomic E-state index is -0.425. The number of carbonyl (C=O) groups excluding carboxylic acids is 1. The molecule has 1 unspecified atom stereocenters. The number of rotatable bonds is 8. The number of aromatic nitrogens is 4. The van der Waals surface area contributed by atoms with Gasteiger partial charge in [-0.05, 0) is 31.2 Å². The third-order valence-corrected chi connectivity index (χ3v) is 6.12. The molecule has 2 aromatic heterocycles. The highest BCUT2D eigenvalue weighted by Crippen LogP contribution is 2.31. The molecule has 0 spiro atoms. The summed E-state index contributed by atoms with van der Waals surface area (Å²) in [6, 6.07) is 17.0. The molecule has 7 nitrogen and oxygen atoms in total. The molecule has 4 aromatic rings. The van der Waals surface area contributed by atoms with E-state index in [2.05, 4.69) is 20.5 Å². The number of amides is 1. The average molecular weight is 472 g/mol. The Hall–Kier alpha value is -2.88. The molecule has 1 atom stereocenters. The van der Waals surface area contributed by atoms with Gasteiger partial charge in [0.2, 0.25) is 5.91 Å². The number of thioether (sulfide) groups is 1. The predicted octanol–water partition coefficient (Wildman–Crippen LogP) is 5.25. The molecule has 2 aromatic carbocycles. The molecule has 2 heterocycles. The lowest BCUT2D eigenvalue weighted by molar-refractivity contribution is -0.113. The second-order valence-corrected chi connectivity index (χ2v) is 8.62. The first-order valence-corrected chi connectivity index (χ1v) is 11.6. The number of halogens is 1. The van der Waals surface area contributed by atoms with Crippen LogP contribution in [-0.2, 0) is 4.79 Å². The second kappa shape index (κ2) is 9.95. The third kappa shape index (κ3) is 5.25. The van der Waals surface area contributed by atoms with Crippen LogP contribution < -0.4 is 10.1 Å². The van der Waals surface area contributed by atoms with Crippen LogP contribution in [0.2, 0.25) is 5.02 Å². The smallest absolute Gasteiger partial charge is 0.236 e. The van der Waals surface area contributed by atoms with Gasteiger partial charge in [-0.2, -0.15) is 0 Å². The minimum Gasteiger partial charge on any atom is -0.481 e. The lowest BCUT2D eigenvalue weighted by Gasteiger charge is -2.17. The van der Waals surface area contributed by atoms with Crippen LogP contribution in [0.4, 0.5) is 5.13 Å². The number of nitrogens with zero attached hydrogens (tertiary/aromatic N) is 4. The number of hydrogen-bond donors (Lipinski definition) is 1. The molecule has 31 heavy (non-hydrogen) atoms. The van der Waals surface area contributed by atoms with Gasteiger partial charge in [0, 0.05) is 17.3 Å². The van der Waals surface area contributed by atoms with Crippen LogP contribution in [0.15, 0.2) is 71.3 Å². The van der Waals surface area contributed by atoms with Crippen LogP contribution in [0.3, 0.4) is 0 Å². The number of ether oxygens (including phenoxy) is 1. The molecule has 0 radical (unpaired) electrons. The number of para-hydroxylation sites is 2. The standard InChI is InChI=1S/C21H18ClN5O2S2/c1-14(29-17-10-6-5-9-16(17)22)19-25-26-21(27(19)15-7-3-2-4-8-15)31-13-18(28)24-20-23-11-12-30-20/h2-12,14H,13H2,1H3,(H,23,24,28). The Kier molecular flexibility index (Phi) is 6.86. The molecule has 0 aliphatic carbocycles. The maximum atomic E-state index is 12.3. The van der Waals surface area contributed by atoms with Crippen molar-refractivity contribution in [1.82, 2.24) is 19.7 Å². The summed E-state index contributed by atoms with van der Waals surface area (Å²) in [6.07, 6.45) is 1.22. The summed E-state index contributed by atoms with van der Waals surface area (Å²) in [4.78, 5) is 16.4. The van der Waals surface area contributed by atoms with Crippen molar-refractivity contribution in [1.29, 1.82) is 0 Å². The lowest BCUT2D eigenvalue weighted by atomic mass is 10.3. The van der Waals surface area contributed by atoms with Crippen LogP contribution in [0, 0.1) is 0 Å². The van der Waals surface area contributed by atoms with Gasteiger partial charge in [-0.25, -0.2) is 4.98 Å².